The number of rotatable bonds is 5. The van der Waals surface area contributed by atoms with Gasteiger partial charge in [0.05, 0.1) is 6.10 Å². The minimum atomic E-state index is -1.11. The van der Waals surface area contributed by atoms with Crippen LogP contribution in [0.5, 0.6) is 0 Å². The van der Waals surface area contributed by atoms with Crippen LogP contribution in [0.4, 0.5) is 0 Å². The molecule has 0 rings (SSSR count). The first-order chi connectivity index (χ1) is 5.07. The molecule has 0 aliphatic heterocycles. The lowest BCUT2D eigenvalue weighted by molar-refractivity contribution is -0.133. The zero-order valence-corrected chi connectivity index (χ0v) is 6.16. The summed E-state index contributed by atoms with van der Waals surface area (Å²) in [6.07, 6.45) is -0.606. The molecule has 0 aromatic carbocycles. The summed E-state index contributed by atoms with van der Waals surface area (Å²) in [5.41, 5.74) is -0.0362. The van der Waals surface area contributed by atoms with Crippen LogP contribution < -0.4 is 0 Å². The molecule has 0 radical (unpaired) electrons. The summed E-state index contributed by atoms with van der Waals surface area (Å²) < 4.78 is 0. The molecule has 11 heavy (non-hydrogen) atoms. The molecule has 1 atom stereocenters. The number of carboxylic acid groups (broad SMARTS) is 1. The summed E-state index contributed by atoms with van der Waals surface area (Å²) in [6, 6.07) is 0. The highest BCUT2D eigenvalue weighted by Crippen LogP contribution is 2.05. The van der Waals surface area contributed by atoms with Gasteiger partial charge < -0.3 is 15.3 Å². The molecule has 0 saturated carbocycles. The van der Waals surface area contributed by atoms with Gasteiger partial charge in [-0.05, 0) is 6.42 Å². The highest BCUT2D eigenvalue weighted by Gasteiger charge is 2.10. The fraction of sp³-hybridized carbons (Fsp3) is 0.571. The summed E-state index contributed by atoms with van der Waals surface area (Å²) >= 11 is 0. The van der Waals surface area contributed by atoms with Crippen LogP contribution in [0.25, 0.3) is 0 Å². The first kappa shape index (κ1) is 10.1. The number of aliphatic carboxylic acids is 1. The van der Waals surface area contributed by atoms with E-state index in [1.54, 1.807) is 0 Å². The highest BCUT2D eigenvalue weighted by atomic mass is 16.4. The Labute approximate surface area is 64.8 Å². The number of hydrogen-bond acceptors (Lipinski definition) is 3. The van der Waals surface area contributed by atoms with Crippen LogP contribution in [0.15, 0.2) is 12.2 Å². The van der Waals surface area contributed by atoms with Crippen molar-refractivity contribution < 1.29 is 20.1 Å². The van der Waals surface area contributed by atoms with Crippen molar-refractivity contribution in [3.05, 3.63) is 12.2 Å². The average Bonchev–Trinajstić information content (AvgIpc) is 1.87. The normalized spacial score (nSPS) is 12.5. The fourth-order valence-electron chi connectivity index (χ4n) is 0.623. The van der Waals surface area contributed by atoms with Gasteiger partial charge in [-0.25, -0.2) is 4.79 Å². The Balaban J connectivity index is 3.66. The number of hydrogen-bond donors (Lipinski definition) is 3. The van der Waals surface area contributed by atoms with Gasteiger partial charge in [0, 0.05) is 18.6 Å². The molecule has 4 heteroatoms. The van der Waals surface area contributed by atoms with Crippen molar-refractivity contribution in [2.45, 2.75) is 18.9 Å². The van der Waals surface area contributed by atoms with Crippen molar-refractivity contribution in [1.29, 1.82) is 0 Å². The standard InChI is InChI=1S/C7H12O4/c1-5(7(10)11)4-6(9)2-3-8/h6,8-9H,1-4H2,(H,10,11). The topological polar surface area (TPSA) is 77.8 Å². The Kier molecular flexibility index (Phi) is 4.49. The van der Waals surface area contributed by atoms with E-state index in [1.807, 2.05) is 0 Å². The Bertz CT molecular complexity index is 153. The van der Waals surface area contributed by atoms with Crippen LogP contribution in [0.1, 0.15) is 12.8 Å². The largest absolute Gasteiger partial charge is 0.478 e. The molecule has 0 fully saturated rings. The summed E-state index contributed by atoms with van der Waals surface area (Å²) in [7, 11) is 0. The minimum absolute atomic E-state index is 0.00981. The van der Waals surface area contributed by atoms with E-state index in [9.17, 15) is 4.79 Å². The third-order valence-electron chi connectivity index (χ3n) is 1.25. The molecule has 64 valence electrons. The Hall–Kier alpha value is -0.870. The van der Waals surface area contributed by atoms with Crippen LogP contribution in [-0.2, 0) is 4.79 Å². The zero-order chi connectivity index (χ0) is 8.85. The summed E-state index contributed by atoms with van der Waals surface area (Å²) in [5.74, 6) is -1.11. The monoisotopic (exact) mass is 160 g/mol. The molecule has 0 aliphatic rings. The molecule has 0 saturated heterocycles. The molecule has 0 aromatic rings. The molecule has 0 aromatic heterocycles. The molecular formula is C7H12O4. The van der Waals surface area contributed by atoms with Gasteiger partial charge >= 0.3 is 5.97 Å². The van der Waals surface area contributed by atoms with Gasteiger partial charge in [0.15, 0.2) is 0 Å². The van der Waals surface area contributed by atoms with Crippen LogP contribution in [-0.4, -0.2) is 34.0 Å². The molecule has 0 aliphatic carbocycles. The zero-order valence-electron chi connectivity index (χ0n) is 6.16. The Morgan fingerprint density at radius 3 is 2.45 bits per heavy atom. The smallest absolute Gasteiger partial charge is 0.331 e. The number of carboxylic acids is 1. The Morgan fingerprint density at radius 2 is 2.09 bits per heavy atom. The van der Waals surface area contributed by atoms with Crippen LogP contribution in [0.2, 0.25) is 0 Å². The molecule has 3 N–H and O–H groups in total. The SMILES string of the molecule is C=C(CC(O)CCO)C(=O)O. The van der Waals surface area contributed by atoms with E-state index < -0.39 is 12.1 Å². The first-order valence-corrected chi connectivity index (χ1v) is 3.28. The van der Waals surface area contributed by atoms with Crippen molar-refractivity contribution in [1.82, 2.24) is 0 Å². The first-order valence-electron chi connectivity index (χ1n) is 3.28. The summed E-state index contributed by atoms with van der Waals surface area (Å²) in [4.78, 5) is 10.2. The van der Waals surface area contributed by atoms with Crippen molar-refractivity contribution in [3.8, 4) is 0 Å². The Morgan fingerprint density at radius 1 is 1.55 bits per heavy atom. The predicted octanol–water partition coefficient (Wildman–Crippen LogP) is -0.239. The summed E-state index contributed by atoms with van der Waals surface area (Å²) in [5, 5.41) is 25.7. The van der Waals surface area contributed by atoms with Gasteiger partial charge in [0.1, 0.15) is 0 Å². The van der Waals surface area contributed by atoms with E-state index in [4.69, 9.17) is 15.3 Å². The minimum Gasteiger partial charge on any atom is -0.478 e. The van der Waals surface area contributed by atoms with Crippen LogP contribution >= 0.6 is 0 Å². The quantitative estimate of drug-likeness (QED) is 0.485. The second-order valence-corrected chi connectivity index (χ2v) is 2.28. The van der Waals surface area contributed by atoms with E-state index >= 15 is 0 Å². The van der Waals surface area contributed by atoms with E-state index in [2.05, 4.69) is 6.58 Å². The molecular weight excluding hydrogens is 148 g/mol. The van der Waals surface area contributed by atoms with E-state index in [0.29, 0.717) is 0 Å². The van der Waals surface area contributed by atoms with Gasteiger partial charge in [-0.15, -0.1) is 0 Å². The molecule has 0 amide bonds. The van der Waals surface area contributed by atoms with Crippen molar-refractivity contribution in [2.75, 3.05) is 6.61 Å². The third kappa shape index (κ3) is 4.52. The lowest BCUT2D eigenvalue weighted by atomic mass is 10.1. The van der Waals surface area contributed by atoms with Crippen molar-refractivity contribution in [3.63, 3.8) is 0 Å². The third-order valence-corrected chi connectivity index (χ3v) is 1.25. The molecule has 0 heterocycles. The average molecular weight is 160 g/mol. The summed E-state index contributed by atoms with van der Waals surface area (Å²) in [6.45, 7) is 3.09. The van der Waals surface area contributed by atoms with Crippen LogP contribution in [0, 0.1) is 0 Å². The fourth-order valence-corrected chi connectivity index (χ4v) is 0.623. The van der Waals surface area contributed by atoms with Gasteiger partial charge in [-0.2, -0.15) is 0 Å². The molecule has 1 unspecified atom stereocenters. The molecule has 0 bridgehead atoms. The molecule has 4 nitrogen and oxygen atoms in total. The lowest BCUT2D eigenvalue weighted by Gasteiger charge is -2.07. The van der Waals surface area contributed by atoms with Gasteiger partial charge in [0.25, 0.3) is 0 Å². The maximum atomic E-state index is 10.2. The van der Waals surface area contributed by atoms with E-state index in [0.717, 1.165) is 0 Å². The van der Waals surface area contributed by atoms with Gasteiger partial charge in [-0.3, -0.25) is 0 Å². The number of aliphatic hydroxyl groups excluding tert-OH is 2. The maximum Gasteiger partial charge on any atom is 0.331 e. The van der Waals surface area contributed by atoms with E-state index in [-0.39, 0.29) is 25.0 Å². The van der Waals surface area contributed by atoms with Gasteiger partial charge in [-0.1, -0.05) is 6.58 Å². The second-order valence-electron chi connectivity index (χ2n) is 2.28. The highest BCUT2D eigenvalue weighted by molar-refractivity contribution is 5.85. The van der Waals surface area contributed by atoms with Crippen LogP contribution in [0.3, 0.4) is 0 Å². The predicted molar refractivity (Wildman–Crippen MR) is 39.1 cm³/mol. The van der Waals surface area contributed by atoms with Gasteiger partial charge in [0.2, 0.25) is 0 Å². The maximum absolute atomic E-state index is 10.2. The second kappa shape index (κ2) is 4.87. The lowest BCUT2D eigenvalue weighted by Crippen LogP contribution is -2.13. The molecule has 0 spiro atoms. The van der Waals surface area contributed by atoms with Crippen molar-refractivity contribution >= 4 is 5.97 Å². The number of aliphatic hydroxyl groups is 2. The van der Waals surface area contributed by atoms with E-state index in [1.165, 1.54) is 0 Å². The van der Waals surface area contributed by atoms with Crippen molar-refractivity contribution in [2.24, 2.45) is 0 Å². The number of carbonyl (C=O) groups is 1.